The molecule has 0 spiro atoms. The number of halogens is 6. The maximum atomic E-state index is 13.1. The summed E-state index contributed by atoms with van der Waals surface area (Å²) in [5, 5.41) is 2.78. The van der Waals surface area contributed by atoms with E-state index >= 15 is 0 Å². The number of hydrogen-bond acceptors (Lipinski definition) is 2. The van der Waals surface area contributed by atoms with Crippen molar-refractivity contribution in [3.63, 3.8) is 0 Å². The molecule has 2 aromatic rings. The number of anilines is 1. The van der Waals surface area contributed by atoms with Crippen molar-refractivity contribution in [1.82, 2.24) is 0 Å². The molecule has 2 aromatic carbocycles. The number of nitrogens with one attached hydrogen (secondary N) is 1. The Morgan fingerprint density at radius 2 is 1.65 bits per heavy atom. The SMILES string of the molecule is FC(F)(F)c1ccc2c(c1)NCc1cccc(C(F)(F)F)c1S2. The molecule has 3 rings (SSSR count). The van der Waals surface area contributed by atoms with Gasteiger partial charge in [0.1, 0.15) is 0 Å². The molecule has 0 aromatic heterocycles. The minimum absolute atomic E-state index is 0.0195. The second kappa shape index (κ2) is 5.36. The quantitative estimate of drug-likeness (QED) is 0.603. The Bertz CT molecular complexity index is 751. The molecule has 0 saturated heterocycles. The summed E-state index contributed by atoms with van der Waals surface area (Å²) in [4.78, 5) is 0.347. The van der Waals surface area contributed by atoms with Crippen LogP contribution in [0.5, 0.6) is 0 Å². The molecule has 1 N–H and O–H groups in total. The van der Waals surface area contributed by atoms with Crippen LogP contribution < -0.4 is 5.32 Å². The molecule has 1 aliphatic heterocycles. The molecule has 1 heterocycles. The van der Waals surface area contributed by atoms with E-state index in [0.29, 0.717) is 10.5 Å². The van der Waals surface area contributed by atoms with Crippen LogP contribution in [-0.2, 0) is 18.9 Å². The molecule has 0 bridgehead atoms. The zero-order valence-electron chi connectivity index (χ0n) is 11.3. The highest BCUT2D eigenvalue weighted by atomic mass is 32.2. The topological polar surface area (TPSA) is 12.0 Å². The highest BCUT2D eigenvalue weighted by Crippen LogP contribution is 2.46. The Morgan fingerprint density at radius 3 is 2.30 bits per heavy atom. The largest absolute Gasteiger partial charge is 0.417 e. The molecular formula is C15H9F6NS. The van der Waals surface area contributed by atoms with Crippen LogP contribution in [0.2, 0.25) is 0 Å². The highest BCUT2D eigenvalue weighted by Gasteiger charge is 2.36. The lowest BCUT2D eigenvalue weighted by atomic mass is 10.1. The van der Waals surface area contributed by atoms with Gasteiger partial charge in [0.15, 0.2) is 0 Å². The molecule has 23 heavy (non-hydrogen) atoms. The van der Waals surface area contributed by atoms with Gasteiger partial charge in [0, 0.05) is 22.0 Å². The first-order valence-electron chi connectivity index (χ1n) is 6.48. The van der Waals surface area contributed by atoms with E-state index in [2.05, 4.69) is 5.32 Å². The maximum Gasteiger partial charge on any atom is 0.417 e. The monoisotopic (exact) mass is 349 g/mol. The van der Waals surface area contributed by atoms with Gasteiger partial charge in [-0.1, -0.05) is 23.9 Å². The molecule has 1 aliphatic rings. The lowest BCUT2D eigenvalue weighted by molar-refractivity contribution is -0.140. The molecule has 8 heteroatoms. The molecule has 0 fully saturated rings. The Hall–Kier alpha value is -1.83. The summed E-state index contributed by atoms with van der Waals surface area (Å²) in [5.74, 6) is 0. The molecule has 0 saturated carbocycles. The average molecular weight is 349 g/mol. The molecule has 0 amide bonds. The van der Waals surface area contributed by atoms with E-state index in [1.165, 1.54) is 18.2 Å². The highest BCUT2D eigenvalue weighted by molar-refractivity contribution is 7.99. The van der Waals surface area contributed by atoms with Crippen LogP contribution in [-0.4, -0.2) is 0 Å². The van der Waals surface area contributed by atoms with Crippen molar-refractivity contribution < 1.29 is 26.3 Å². The smallest absolute Gasteiger partial charge is 0.380 e. The van der Waals surface area contributed by atoms with Crippen LogP contribution in [0, 0.1) is 0 Å². The maximum absolute atomic E-state index is 13.1. The van der Waals surface area contributed by atoms with Crippen LogP contribution in [0.3, 0.4) is 0 Å². The van der Waals surface area contributed by atoms with Crippen molar-refractivity contribution in [2.24, 2.45) is 0 Å². The third kappa shape index (κ3) is 3.12. The van der Waals surface area contributed by atoms with Gasteiger partial charge in [-0.2, -0.15) is 26.3 Å². The molecule has 0 unspecified atom stereocenters. The lowest BCUT2D eigenvalue weighted by Crippen LogP contribution is -2.09. The molecule has 0 aliphatic carbocycles. The van der Waals surface area contributed by atoms with Gasteiger partial charge in [-0.15, -0.1) is 0 Å². The minimum atomic E-state index is -4.52. The van der Waals surface area contributed by atoms with Gasteiger partial charge in [0.25, 0.3) is 0 Å². The Balaban J connectivity index is 2.08. The summed E-state index contributed by atoms with van der Waals surface area (Å²) in [5.41, 5.74) is -1.05. The van der Waals surface area contributed by atoms with E-state index in [1.807, 2.05) is 0 Å². The van der Waals surface area contributed by atoms with E-state index in [1.54, 1.807) is 0 Å². The number of alkyl halides is 6. The van der Waals surface area contributed by atoms with Gasteiger partial charge in [-0.25, -0.2) is 0 Å². The zero-order chi connectivity index (χ0) is 16.8. The van der Waals surface area contributed by atoms with Gasteiger partial charge in [-0.05, 0) is 29.8 Å². The van der Waals surface area contributed by atoms with Gasteiger partial charge in [0.05, 0.1) is 11.1 Å². The Kier molecular flexibility index (Phi) is 3.74. The van der Waals surface area contributed by atoms with Crippen molar-refractivity contribution >= 4 is 17.4 Å². The zero-order valence-corrected chi connectivity index (χ0v) is 12.2. The summed E-state index contributed by atoms with van der Waals surface area (Å²) >= 11 is 0.826. The van der Waals surface area contributed by atoms with Gasteiger partial charge in [0.2, 0.25) is 0 Å². The van der Waals surface area contributed by atoms with E-state index in [9.17, 15) is 26.3 Å². The Labute approximate surface area is 131 Å². The number of rotatable bonds is 0. The van der Waals surface area contributed by atoms with E-state index in [0.717, 1.165) is 30.0 Å². The van der Waals surface area contributed by atoms with Crippen molar-refractivity contribution in [3.05, 3.63) is 53.1 Å². The summed E-state index contributed by atoms with van der Waals surface area (Å²) < 4.78 is 77.6. The lowest BCUT2D eigenvalue weighted by Gasteiger charge is -2.14. The van der Waals surface area contributed by atoms with Crippen LogP contribution in [0.1, 0.15) is 16.7 Å². The fraction of sp³-hybridized carbons (Fsp3) is 0.200. The van der Waals surface area contributed by atoms with E-state index < -0.39 is 23.5 Å². The van der Waals surface area contributed by atoms with Crippen molar-refractivity contribution in [1.29, 1.82) is 0 Å². The first-order valence-corrected chi connectivity index (χ1v) is 7.30. The fourth-order valence-corrected chi connectivity index (χ4v) is 3.46. The molecule has 0 radical (unpaired) electrons. The summed E-state index contributed by atoms with van der Waals surface area (Å²) in [6.07, 6.45) is -9.02. The fourth-order valence-electron chi connectivity index (χ4n) is 2.30. The molecule has 1 nitrogen and oxygen atoms in total. The molecule has 0 atom stereocenters. The van der Waals surface area contributed by atoms with Gasteiger partial charge < -0.3 is 5.32 Å². The van der Waals surface area contributed by atoms with Crippen molar-refractivity contribution in [2.75, 3.05) is 5.32 Å². The summed E-state index contributed by atoms with van der Waals surface area (Å²) in [7, 11) is 0. The minimum Gasteiger partial charge on any atom is -0.380 e. The molecule has 122 valence electrons. The van der Waals surface area contributed by atoms with Crippen LogP contribution in [0.4, 0.5) is 32.0 Å². The average Bonchev–Trinajstić information content (AvgIpc) is 2.63. The number of hydrogen-bond donors (Lipinski definition) is 1. The van der Waals surface area contributed by atoms with Gasteiger partial charge >= 0.3 is 12.4 Å². The van der Waals surface area contributed by atoms with E-state index in [4.69, 9.17) is 0 Å². The third-order valence-electron chi connectivity index (χ3n) is 3.39. The first-order chi connectivity index (χ1) is 10.7. The second-order valence-electron chi connectivity index (χ2n) is 4.96. The van der Waals surface area contributed by atoms with Gasteiger partial charge in [-0.3, -0.25) is 0 Å². The first kappa shape index (κ1) is 16.0. The van der Waals surface area contributed by atoms with Crippen molar-refractivity contribution in [2.45, 2.75) is 28.7 Å². The third-order valence-corrected chi connectivity index (χ3v) is 4.65. The normalized spacial score (nSPS) is 14.5. The van der Waals surface area contributed by atoms with Crippen LogP contribution >= 0.6 is 11.8 Å². The van der Waals surface area contributed by atoms with Crippen LogP contribution in [0.25, 0.3) is 0 Å². The predicted octanol–water partition coefficient (Wildman–Crippen LogP) is 5.80. The predicted molar refractivity (Wildman–Crippen MR) is 74.3 cm³/mol. The van der Waals surface area contributed by atoms with Crippen LogP contribution in [0.15, 0.2) is 46.2 Å². The number of fused-ring (bicyclic) bond motifs is 2. The summed E-state index contributed by atoms with van der Waals surface area (Å²) in [6, 6.07) is 6.78. The Morgan fingerprint density at radius 1 is 0.913 bits per heavy atom. The summed E-state index contributed by atoms with van der Waals surface area (Å²) in [6.45, 7) is 0.0283. The molecular weight excluding hydrogens is 340 g/mol. The van der Waals surface area contributed by atoms with E-state index in [-0.39, 0.29) is 17.1 Å². The standard InChI is InChI=1S/C15H9F6NS/c16-14(17,18)9-4-5-12-11(6-9)22-7-8-2-1-3-10(13(8)23-12)15(19,20)21/h1-6,22H,7H2. The van der Waals surface area contributed by atoms with Crippen molar-refractivity contribution in [3.8, 4) is 0 Å². The second-order valence-corrected chi connectivity index (χ2v) is 6.01. The number of benzene rings is 2.